The Balaban J connectivity index is 0.968. The smallest absolute Gasteiger partial charge is 0.375 e. The van der Waals surface area contributed by atoms with Gasteiger partial charge in [-0.15, -0.1) is 11.6 Å². The van der Waals surface area contributed by atoms with E-state index in [1.54, 1.807) is 0 Å². The number of nitrogens with one attached hydrogen (secondary N) is 4. The van der Waals surface area contributed by atoms with Gasteiger partial charge in [-0.1, -0.05) is 0 Å². The van der Waals surface area contributed by atoms with E-state index in [1.807, 2.05) is 0 Å². The lowest BCUT2D eigenvalue weighted by molar-refractivity contribution is -0.184. The lowest BCUT2D eigenvalue weighted by Gasteiger charge is -2.72. The highest BCUT2D eigenvalue weighted by molar-refractivity contribution is 6.21. The Morgan fingerprint density at radius 2 is 1.77 bits per heavy atom. The zero-order valence-corrected chi connectivity index (χ0v) is 20.4. The highest BCUT2D eigenvalue weighted by atomic mass is 35.5. The van der Waals surface area contributed by atoms with Crippen LogP contribution >= 0.6 is 11.6 Å². The number of carbonyl (C=O) groups is 1. The van der Waals surface area contributed by atoms with Gasteiger partial charge in [0.15, 0.2) is 0 Å². The minimum absolute atomic E-state index is 0.0417. The molecular formula is C23H35ClF4N4O3. The summed E-state index contributed by atoms with van der Waals surface area (Å²) in [5.41, 5.74) is -0.0625. The monoisotopic (exact) mass is 526 g/mol. The third-order valence-corrected chi connectivity index (χ3v) is 8.94. The topological polar surface area (TPSA) is 83.7 Å². The van der Waals surface area contributed by atoms with Crippen LogP contribution in [0.5, 0.6) is 0 Å². The van der Waals surface area contributed by atoms with E-state index >= 15 is 0 Å². The molecule has 7 unspecified atom stereocenters. The van der Waals surface area contributed by atoms with E-state index in [4.69, 9.17) is 21.1 Å². The summed E-state index contributed by atoms with van der Waals surface area (Å²) in [6.07, 6.45) is -1.03. The molecule has 6 fully saturated rings. The summed E-state index contributed by atoms with van der Waals surface area (Å²) in [5, 5.41) is 12.3. The fraction of sp³-hybridized carbons (Fsp3) is 0.957. The molecule has 2 heterocycles. The molecule has 2 bridgehead atoms. The van der Waals surface area contributed by atoms with Gasteiger partial charge in [-0.25, -0.2) is 4.39 Å². The summed E-state index contributed by atoms with van der Waals surface area (Å²) in [5.74, 6) is -0.158. The molecule has 2 aliphatic heterocycles. The zero-order chi connectivity index (χ0) is 24.8. The van der Waals surface area contributed by atoms with Gasteiger partial charge < -0.3 is 20.1 Å². The van der Waals surface area contributed by atoms with Crippen molar-refractivity contribution >= 4 is 17.5 Å². The molecule has 200 valence electrons. The maximum atomic E-state index is 13.7. The van der Waals surface area contributed by atoms with Gasteiger partial charge in [-0.2, -0.15) is 13.2 Å². The van der Waals surface area contributed by atoms with Gasteiger partial charge in [0, 0.05) is 36.5 Å². The Hall–Kier alpha value is -0.720. The molecule has 1 amide bonds. The number of amides is 1. The van der Waals surface area contributed by atoms with Crippen molar-refractivity contribution in [2.24, 2.45) is 5.41 Å². The van der Waals surface area contributed by atoms with E-state index in [-0.39, 0.29) is 67.3 Å². The van der Waals surface area contributed by atoms with Crippen molar-refractivity contribution in [1.29, 1.82) is 0 Å². The first-order valence-electron chi connectivity index (χ1n) is 12.7. The predicted molar refractivity (Wildman–Crippen MR) is 121 cm³/mol. The molecule has 6 aliphatic rings. The summed E-state index contributed by atoms with van der Waals surface area (Å²) in [4.78, 5) is 12.4. The fourth-order valence-corrected chi connectivity index (χ4v) is 6.87. The van der Waals surface area contributed by atoms with Gasteiger partial charge in [0.25, 0.3) is 0 Å². The number of piperidine rings is 1. The van der Waals surface area contributed by atoms with Crippen LogP contribution in [0.4, 0.5) is 17.6 Å². The third kappa shape index (κ3) is 5.60. The predicted octanol–water partition coefficient (Wildman–Crippen LogP) is 2.13. The standard InChI is InChI=1S/C23H35ClF4N4O3/c24-16-3-1-14(5-17(16)25)35-9-19(33)32-22-10-21(11-22,12-22)20-30-6-13(31-20)8-34-15-2-4-18(29-7-15)23(26,27)28/h13-18,20,29-31H,1-12H2,(H,32,33). The highest BCUT2D eigenvalue weighted by Gasteiger charge is 2.71. The van der Waals surface area contributed by atoms with Gasteiger partial charge in [0.05, 0.1) is 30.4 Å². The second-order valence-corrected chi connectivity index (χ2v) is 11.8. The van der Waals surface area contributed by atoms with Crippen molar-refractivity contribution in [2.45, 2.75) is 105 Å². The maximum absolute atomic E-state index is 13.7. The fourth-order valence-electron chi connectivity index (χ4n) is 6.64. The maximum Gasteiger partial charge on any atom is 0.403 e. The molecule has 0 radical (unpaired) electrons. The zero-order valence-electron chi connectivity index (χ0n) is 19.6. The SMILES string of the molecule is O=C(COC1CCC(Cl)C(F)C1)NC12CC(C3NCC(COC4CCC(C(F)(F)F)NC4)N3)(C1)C2. The number of carbonyl (C=O) groups excluding carboxylic acids is 1. The second-order valence-electron chi connectivity index (χ2n) is 11.2. The van der Waals surface area contributed by atoms with E-state index in [0.29, 0.717) is 25.9 Å². The van der Waals surface area contributed by atoms with E-state index in [0.717, 1.165) is 25.8 Å². The van der Waals surface area contributed by atoms with Crippen LogP contribution in [0.3, 0.4) is 0 Å². The van der Waals surface area contributed by atoms with Gasteiger partial charge in [0.1, 0.15) is 18.8 Å². The van der Waals surface area contributed by atoms with E-state index in [9.17, 15) is 22.4 Å². The average Bonchev–Trinajstić information content (AvgIpc) is 3.23. The molecule has 12 heteroatoms. The molecular weight excluding hydrogens is 492 g/mol. The molecule has 0 aromatic heterocycles. The van der Waals surface area contributed by atoms with Crippen LogP contribution in [-0.4, -0.2) is 85.9 Å². The van der Waals surface area contributed by atoms with Crippen LogP contribution in [0.1, 0.15) is 51.4 Å². The van der Waals surface area contributed by atoms with Crippen LogP contribution < -0.4 is 21.3 Å². The normalized spacial score (nSPS) is 45.5. The van der Waals surface area contributed by atoms with Crippen LogP contribution in [-0.2, 0) is 14.3 Å². The molecule has 0 aromatic carbocycles. The first-order chi connectivity index (χ1) is 16.6. The van der Waals surface area contributed by atoms with Gasteiger partial charge >= 0.3 is 6.18 Å². The molecule has 6 rings (SSSR count). The summed E-state index contributed by atoms with van der Waals surface area (Å²) in [6.45, 7) is 1.35. The summed E-state index contributed by atoms with van der Waals surface area (Å²) in [7, 11) is 0. The quantitative estimate of drug-likeness (QED) is 0.286. The Morgan fingerprint density at radius 1 is 1.03 bits per heavy atom. The van der Waals surface area contributed by atoms with Crippen LogP contribution in [0.2, 0.25) is 0 Å². The minimum atomic E-state index is -4.20. The lowest BCUT2D eigenvalue weighted by atomic mass is 9.38. The molecule has 4 saturated carbocycles. The Bertz CT molecular complexity index is 763. The summed E-state index contributed by atoms with van der Waals surface area (Å²) >= 11 is 5.90. The average molecular weight is 527 g/mol. The van der Waals surface area contributed by atoms with Gasteiger partial charge in [-0.3, -0.25) is 15.4 Å². The van der Waals surface area contributed by atoms with Crippen LogP contribution in [0.25, 0.3) is 0 Å². The van der Waals surface area contributed by atoms with Crippen LogP contribution in [0.15, 0.2) is 0 Å². The van der Waals surface area contributed by atoms with Crippen molar-refractivity contribution < 1.29 is 31.8 Å². The number of rotatable bonds is 8. The van der Waals surface area contributed by atoms with Crippen molar-refractivity contribution in [2.75, 3.05) is 26.3 Å². The third-order valence-electron chi connectivity index (χ3n) is 8.45. The summed E-state index contributed by atoms with van der Waals surface area (Å²) < 4.78 is 63.5. The summed E-state index contributed by atoms with van der Waals surface area (Å²) in [6, 6.07) is -1.33. The number of ether oxygens (including phenoxy) is 2. The molecule has 2 saturated heterocycles. The molecule has 35 heavy (non-hydrogen) atoms. The van der Waals surface area contributed by atoms with Crippen molar-refractivity contribution in [3.63, 3.8) is 0 Å². The second kappa shape index (κ2) is 9.87. The van der Waals surface area contributed by atoms with Crippen molar-refractivity contribution in [3.05, 3.63) is 0 Å². The first kappa shape index (κ1) is 25.9. The Kier molecular flexibility index (Phi) is 7.31. The van der Waals surface area contributed by atoms with Crippen molar-refractivity contribution in [3.8, 4) is 0 Å². The Morgan fingerprint density at radius 3 is 2.43 bits per heavy atom. The van der Waals surface area contributed by atoms with Gasteiger partial charge in [0.2, 0.25) is 5.91 Å². The van der Waals surface area contributed by atoms with Gasteiger partial charge in [-0.05, 0) is 44.9 Å². The minimum Gasteiger partial charge on any atom is -0.375 e. The number of hydrogen-bond acceptors (Lipinski definition) is 6. The lowest BCUT2D eigenvalue weighted by Crippen LogP contribution is -2.80. The van der Waals surface area contributed by atoms with Crippen molar-refractivity contribution in [1.82, 2.24) is 21.3 Å². The first-order valence-corrected chi connectivity index (χ1v) is 13.1. The number of hydrogen-bond donors (Lipinski definition) is 4. The molecule has 4 aliphatic carbocycles. The number of halogens is 5. The molecule has 4 N–H and O–H groups in total. The highest BCUT2D eigenvalue weighted by Crippen LogP contribution is 2.68. The van der Waals surface area contributed by atoms with Crippen LogP contribution in [0, 0.1) is 5.41 Å². The molecule has 7 atom stereocenters. The molecule has 0 aromatic rings. The van der Waals surface area contributed by atoms with E-state index in [2.05, 4.69) is 21.3 Å². The van der Waals surface area contributed by atoms with E-state index in [1.165, 1.54) is 0 Å². The largest absolute Gasteiger partial charge is 0.403 e. The molecule has 7 nitrogen and oxygen atoms in total. The Labute approximate surface area is 207 Å². The number of alkyl halides is 5. The molecule has 0 spiro atoms. The van der Waals surface area contributed by atoms with E-state index < -0.39 is 23.8 Å².